The lowest BCUT2D eigenvalue weighted by molar-refractivity contribution is 0.0888. The Hall–Kier alpha value is -0.200. The molecular weight excluding hydrogens is 345 g/mol. The third kappa shape index (κ3) is 3.17. The Labute approximate surface area is 133 Å². The molecular formula is C14H20BrClFN3. The third-order valence-electron chi connectivity index (χ3n) is 4.00. The van der Waals surface area contributed by atoms with Crippen LogP contribution >= 0.6 is 27.5 Å². The Morgan fingerprint density at radius 1 is 1.40 bits per heavy atom. The van der Waals surface area contributed by atoms with Gasteiger partial charge < -0.3 is 10.2 Å². The average molecular weight is 365 g/mol. The monoisotopic (exact) mass is 363 g/mol. The summed E-state index contributed by atoms with van der Waals surface area (Å²) in [5.74, 6) is -0.345. The normalized spacial score (nSPS) is 23.0. The maximum atomic E-state index is 14.4. The summed E-state index contributed by atoms with van der Waals surface area (Å²) in [5.41, 5.74) is 0.618. The van der Waals surface area contributed by atoms with E-state index in [1.807, 2.05) is 7.05 Å². The number of rotatable bonds is 3. The Morgan fingerprint density at radius 3 is 2.75 bits per heavy atom. The van der Waals surface area contributed by atoms with Gasteiger partial charge in [-0.25, -0.2) is 4.39 Å². The van der Waals surface area contributed by atoms with Crippen LogP contribution in [0.2, 0.25) is 5.02 Å². The Bertz CT molecular complexity index is 486. The molecule has 2 atom stereocenters. The van der Waals surface area contributed by atoms with Crippen LogP contribution in [-0.2, 0) is 0 Å². The first-order valence-corrected chi connectivity index (χ1v) is 7.82. The zero-order valence-electron chi connectivity index (χ0n) is 12.0. The number of benzene rings is 1. The summed E-state index contributed by atoms with van der Waals surface area (Å²) in [6.07, 6.45) is 0. The number of nitrogens with one attached hydrogen (secondary N) is 1. The van der Waals surface area contributed by atoms with Crippen molar-refractivity contribution in [2.45, 2.75) is 12.1 Å². The standard InChI is InChI=1S/C14H20BrClFN3/c1-18-14(11-8-19(2)6-7-20(11)3)9-4-5-10(15)12(16)13(9)17/h4-5,11,14,18H,6-8H2,1-3H3. The highest BCUT2D eigenvalue weighted by atomic mass is 79.9. The lowest BCUT2D eigenvalue weighted by Gasteiger charge is -2.42. The van der Waals surface area contributed by atoms with E-state index in [0.717, 1.165) is 19.6 Å². The minimum atomic E-state index is -0.345. The summed E-state index contributed by atoms with van der Waals surface area (Å²) < 4.78 is 15.0. The first-order chi connectivity index (χ1) is 9.45. The molecule has 1 heterocycles. The predicted molar refractivity (Wildman–Crippen MR) is 84.8 cm³/mol. The van der Waals surface area contributed by atoms with Crippen molar-refractivity contribution in [1.82, 2.24) is 15.1 Å². The van der Waals surface area contributed by atoms with Gasteiger partial charge in [0.25, 0.3) is 0 Å². The zero-order valence-corrected chi connectivity index (χ0v) is 14.3. The molecule has 0 amide bonds. The molecule has 112 valence electrons. The van der Waals surface area contributed by atoms with Crippen molar-refractivity contribution in [3.05, 3.63) is 33.0 Å². The van der Waals surface area contributed by atoms with E-state index in [-0.39, 0.29) is 22.9 Å². The molecule has 0 radical (unpaired) electrons. The van der Waals surface area contributed by atoms with Crippen molar-refractivity contribution in [2.75, 3.05) is 40.8 Å². The van der Waals surface area contributed by atoms with E-state index >= 15 is 0 Å². The van der Waals surface area contributed by atoms with Crippen LogP contribution in [0.25, 0.3) is 0 Å². The van der Waals surface area contributed by atoms with Crippen LogP contribution in [0.15, 0.2) is 16.6 Å². The van der Waals surface area contributed by atoms with Crippen LogP contribution < -0.4 is 5.32 Å². The lowest BCUT2D eigenvalue weighted by Crippen LogP contribution is -2.54. The SMILES string of the molecule is CNC(c1ccc(Br)c(Cl)c1F)C1CN(C)CCN1C. The van der Waals surface area contributed by atoms with Gasteiger partial charge in [-0.15, -0.1) is 0 Å². The van der Waals surface area contributed by atoms with Crippen LogP contribution in [0, 0.1) is 5.82 Å². The van der Waals surface area contributed by atoms with Gasteiger partial charge in [-0.3, -0.25) is 4.90 Å². The molecule has 1 fully saturated rings. The van der Waals surface area contributed by atoms with E-state index in [0.29, 0.717) is 10.0 Å². The molecule has 1 aromatic carbocycles. The molecule has 1 saturated heterocycles. The highest BCUT2D eigenvalue weighted by Crippen LogP contribution is 2.33. The number of piperazine rings is 1. The largest absolute Gasteiger partial charge is 0.312 e. The molecule has 0 spiro atoms. The van der Waals surface area contributed by atoms with Gasteiger partial charge in [-0.1, -0.05) is 17.7 Å². The second-order valence-corrected chi connectivity index (χ2v) is 6.57. The number of likely N-dealkylation sites (N-methyl/N-ethyl adjacent to an activating group) is 3. The van der Waals surface area contributed by atoms with Crippen molar-refractivity contribution in [2.24, 2.45) is 0 Å². The number of hydrogen-bond donors (Lipinski definition) is 1. The van der Waals surface area contributed by atoms with Crippen molar-refractivity contribution < 1.29 is 4.39 Å². The first kappa shape index (κ1) is 16.2. The fourth-order valence-corrected chi connectivity index (χ4v) is 3.22. The predicted octanol–water partition coefficient (Wildman–Crippen LogP) is 2.75. The van der Waals surface area contributed by atoms with Crippen molar-refractivity contribution in [3.63, 3.8) is 0 Å². The van der Waals surface area contributed by atoms with Crippen molar-refractivity contribution in [1.29, 1.82) is 0 Å². The summed E-state index contributed by atoms with van der Waals surface area (Å²) >= 11 is 9.27. The summed E-state index contributed by atoms with van der Waals surface area (Å²) in [6.45, 7) is 2.91. The number of halogens is 3. The molecule has 0 saturated carbocycles. The highest BCUT2D eigenvalue weighted by Gasteiger charge is 2.32. The Balaban J connectivity index is 2.34. The molecule has 3 nitrogen and oxygen atoms in total. The minimum absolute atomic E-state index is 0.0895. The molecule has 1 aliphatic heterocycles. The molecule has 2 unspecified atom stereocenters. The second kappa shape index (κ2) is 6.71. The minimum Gasteiger partial charge on any atom is -0.312 e. The highest BCUT2D eigenvalue weighted by molar-refractivity contribution is 9.10. The van der Waals surface area contributed by atoms with E-state index in [1.165, 1.54) is 0 Å². The van der Waals surface area contributed by atoms with Gasteiger partial charge in [-0.05, 0) is 43.1 Å². The van der Waals surface area contributed by atoms with Crippen LogP contribution in [0.5, 0.6) is 0 Å². The van der Waals surface area contributed by atoms with Gasteiger partial charge in [0, 0.05) is 35.7 Å². The number of hydrogen-bond acceptors (Lipinski definition) is 3. The van der Waals surface area contributed by atoms with Crippen molar-refractivity contribution >= 4 is 27.5 Å². The van der Waals surface area contributed by atoms with E-state index < -0.39 is 0 Å². The molecule has 0 aliphatic carbocycles. The summed E-state index contributed by atoms with van der Waals surface area (Å²) in [6, 6.07) is 3.73. The molecule has 1 aliphatic rings. The van der Waals surface area contributed by atoms with Crippen LogP contribution in [-0.4, -0.2) is 56.6 Å². The van der Waals surface area contributed by atoms with E-state index in [9.17, 15) is 4.39 Å². The van der Waals surface area contributed by atoms with Gasteiger partial charge in [0.2, 0.25) is 0 Å². The molecule has 20 heavy (non-hydrogen) atoms. The maximum absolute atomic E-state index is 14.4. The van der Waals surface area contributed by atoms with E-state index in [2.05, 4.69) is 45.1 Å². The van der Waals surface area contributed by atoms with Crippen LogP contribution in [0.4, 0.5) is 4.39 Å². The zero-order chi connectivity index (χ0) is 14.9. The maximum Gasteiger partial charge on any atom is 0.147 e. The molecule has 2 rings (SSSR count). The van der Waals surface area contributed by atoms with Gasteiger partial charge in [0.1, 0.15) is 5.82 Å². The first-order valence-electron chi connectivity index (χ1n) is 6.65. The van der Waals surface area contributed by atoms with E-state index in [1.54, 1.807) is 12.1 Å². The van der Waals surface area contributed by atoms with Crippen molar-refractivity contribution in [3.8, 4) is 0 Å². The molecule has 6 heteroatoms. The van der Waals surface area contributed by atoms with E-state index in [4.69, 9.17) is 11.6 Å². The fourth-order valence-electron chi connectivity index (χ4n) is 2.74. The summed E-state index contributed by atoms with van der Waals surface area (Å²) in [7, 11) is 6.04. The lowest BCUT2D eigenvalue weighted by atomic mass is 9.96. The smallest absolute Gasteiger partial charge is 0.147 e. The number of nitrogens with zero attached hydrogens (tertiary/aromatic N) is 2. The Kier molecular flexibility index (Phi) is 5.42. The quantitative estimate of drug-likeness (QED) is 0.832. The van der Waals surface area contributed by atoms with Gasteiger partial charge in [0.05, 0.1) is 11.1 Å². The van der Waals surface area contributed by atoms with Gasteiger partial charge in [-0.2, -0.15) is 0 Å². The van der Waals surface area contributed by atoms with Crippen LogP contribution in [0.3, 0.4) is 0 Å². The molecule has 0 aromatic heterocycles. The van der Waals surface area contributed by atoms with Crippen LogP contribution in [0.1, 0.15) is 11.6 Å². The molecule has 1 N–H and O–H groups in total. The third-order valence-corrected chi connectivity index (χ3v) is 5.25. The average Bonchev–Trinajstić information content (AvgIpc) is 2.43. The summed E-state index contributed by atoms with van der Waals surface area (Å²) in [5, 5.41) is 3.39. The summed E-state index contributed by atoms with van der Waals surface area (Å²) in [4.78, 5) is 4.55. The Morgan fingerprint density at radius 2 is 2.10 bits per heavy atom. The van der Waals surface area contributed by atoms with Gasteiger partial charge in [0.15, 0.2) is 0 Å². The second-order valence-electron chi connectivity index (χ2n) is 5.34. The van der Waals surface area contributed by atoms with Gasteiger partial charge >= 0.3 is 0 Å². The fraction of sp³-hybridized carbons (Fsp3) is 0.571. The molecule has 1 aromatic rings. The topological polar surface area (TPSA) is 18.5 Å². The molecule has 0 bridgehead atoms.